The first-order valence-corrected chi connectivity index (χ1v) is 7.50. The highest BCUT2D eigenvalue weighted by molar-refractivity contribution is 5.04. The lowest BCUT2D eigenvalue weighted by molar-refractivity contribution is -0.0530. The highest BCUT2D eigenvalue weighted by Crippen LogP contribution is 2.38. The Morgan fingerprint density at radius 2 is 1.89 bits per heavy atom. The van der Waals surface area contributed by atoms with E-state index in [9.17, 15) is 0 Å². The van der Waals surface area contributed by atoms with E-state index in [1.165, 1.54) is 32.1 Å². The van der Waals surface area contributed by atoms with E-state index < -0.39 is 0 Å². The van der Waals surface area contributed by atoms with Crippen molar-refractivity contribution in [3.8, 4) is 0 Å². The molecule has 0 aromatic rings. The maximum absolute atomic E-state index is 5.40. The normalized spacial score (nSPS) is 29.3. The molecule has 0 bridgehead atoms. The van der Waals surface area contributed by atoms with Crippen molar-refractivity contribution in [3.05, 3.63) is 0 Å². The van der Waals surface area contributed by atoms with Crippen molar-refractivity contribution in [1.82, 2.24) is 10.2 Å². The summed E-state index contributed by atoms with van der Waals surface area (Å²) in [5, 5.41) is 3.76. The molecule has 2 aliphatic rings. The maximum Gasteiger partial charge on any atom is 0.0615 e. The highest BCUT2D eigenvalue weighted by Gasteiger charge is 2.46. The molecule has 18 heavy (non-hydrogen) atoms. The lowest BCUT2D eigenvalue weighted by Gasteiger charge is -2.56. The second-order valence-corrected chi connectivity index (χ2v) is 6.95. The van der Waals surface area contributed by atoms with Gasteiger partial charge in [-0.05, 0) is 33.6 Å². The molecule has 1 atom stereocenters. The molecule has 3 nitrogen and oxygen atoms in total. The quantitative estimate of drug-likeness (QED) is 0.837. The van der Waals surface area contributed by atoms with E-state index in [0.717, 1.165) is 19.7 Å². The second-order valence-electron chi connectivity index (χ2n) is 6.95. The molecule has 1 heterocycles. The first kappa shape index (κ1) is 14.3. The van der Waals surface area contributed by atoms with Crippen LogP contribution in [0, 0.1) is 0 Å². The molecule has 3 heteroatoms. The van der Waals surface area contributed by atoms with Crippen molar-refractivity contribution >= 4 is 0 Å². The Balaban J connectivity index is 2.15. The van der Waals surface area contributed by atoms with Gasteiger partial charge >= 0.3 is 0 Å². The molecule has 0 aromatic carbocycles. The van der Waals surface area contributed by atoms with Crippen LogP contribution in [0.2, 0.25) is 0 Å². The minimum atomic E-state index is 0.227. The number of rotatable bonds is 3. The smallest absolute Gasteiger partial charge is 0.0615 e. The molecule has 0 amide bonds. The molecular weight excluding hydrogens is 224 g/mol. The zero-order valence-corrected chi connectivity index (χ0v) is 12.6. The summed E-state index contributed by atoms with van der Waals surface area (Å²) in [6.07, 6.45) is 6.89. The second kappa shape index (κ2) is 5.48. The third kappa shape index (κ3) is 2.89. The summed E-state index contributed by atoms with van der Waals surface area (Å²) in [7, 11) is 1.82. The summed E-state index contributed by atoms with van der Waals surface area (Å²) in [5.41, 5.74) is 0.621. The Bertz CT molecular complexity index is 272. The third-order valence-electron chi connectivity index (χ3n) is 4.80. The van der Waals surface area contributed by atoms with Gasteiger partial charge in [0.2, 0.25) is 0 Å². The molecule has 2 rings (SSSR count). The monoisotopic (exact) mass is 254 g/mol. The van der Waals surface area contributed by atoms with Crippen LogP contribution >= 0.6 is 0 Å². The molecule has 0 radical (unpaired) electrons. The van der Waals surface area contributed by atoms with Gasteiger partial charge in [-0.3, -0.25) is 4.90 Å². The maximum atomic E-state index is 5.40. The standard InChI is InChI=1S/C15H30N2O/c1-13(10-18-4)17-12-14(2,3)16-11-15(17)8-6-5-7-9-15/h13,16H,5-12H2,1-4H3. The van der Waals surface area contributed by atoms with Crippen molar-refractivity contribution in [2.75, 3.05) is 26.8 Å². The minimum Gasteiger partial charge on any atom is -0.383 e. The summed E-state index contributed by atoms with van der Waals surface area (Å²) in [4.78, 5) is 2.74. The fraction of sp³-hybridized carbons (Fsp3) is 1.00. The van der Waals surface area contributed by atoms with E-state index in [-0.39, 0.29) is 5.54 Å². The molecular formula is C15H30N2O. The molecule has 1 unspecified atom stereocenters. The van der Waals surface area contributed by atoms with E-state index in [2.05, 4.69) is 31.0 Å². The van der Waals surface area contributed by atoms with Gasteiger partial charge in [0.1, 0.15) is 0 Å². The zero-order chi connectivity index (χ0) is 13.2. The van der Waals surface area contributed by atoms with Gasteiger partial charge in [-0.25, -0.2) is 0 Å². The lowest BCUT2D eigenvalue weighted by Crippen LogP contribution is -2.70. The van der Waals surface area contributed by atoms with Crippen LogP contribution < -0.4 is 5.32 Å². The lowest BCUT2D eigenvalue weighted by atomic mass is 9.76. The van der Waals surface area contributed by atoms with Gasteiger partial charge in [0.05, 0.1) is 6.61 Å². The summed E-state index contributed by atoms with van der Waals surface area (Å²) in [6, 6.07) is 0.523. The third-order valence-corrected chi connectivity index (χ3v) is 4.80. The average molecular weight is 254 g/mol. The number of hydrogen-bond acceptors (Lipinski definition) is 3. The van der Waals surface area contributed by atoms with Gasteiger partial charge in [-0.15, -0.1) is 0 Å². The minimum absolute atomic E-state index is 0.227. The Hall–Kier alpha value is -0.120. The molecule has 1 spiro atoms. The first-order chi connectivity index (χ1) is 8.49. The number of ether oxygens (including phenoxy) is 1. The molecule has 1 aliphatic carbocycles. The summed E-state index contributed by atoms with van der Waals surface area (Å²) in [6.45, 7) is 10.1. The predicted octanol–water partition coefficient (Wildman–Crippen LogP) is 2.41. The zero-order valence-electron chi connectivity index (χ0n) is 12.6. The van der Waals surface area contributed by atoms with E-state index >= 15 is 0 Å². The number of nitrogens with zero attached hydrogens (tertiary/aromatic N) is 1. The summed E-state index contributed by atoms with van der Waals surface area (Å²) < 4.78 is 5.40. The molecule has 1 saturated carbocycles. The van der Waals surface area contributed by atoms with Gasteiger partial charge in [-0.2, -0.15) is 0 Å². The SMILES string of the molecule is COCC(C)N1CC(C)(C)NCC12CCCCC2. The van der Waals surface area contributed by atoms with Crippen LogP contribution in [0.25, 0.3) is 0 Å². The highest BCUT2D eigenvalue weighted by atomic mass is 16.5. The van der Waals surface area contributed by atoms with Gasteiger partial charge < -0.3 is 10.1 Å². The Morgan fingerprint density at radius 3 is 2.50 bits per heavy atom. The van der Waals surface area contributed by atoms with Crippen molar-refractivity contribution in [2.45, 2.75) is 70.0 Å². The van der Waals surface area contributed by atoms with Gasteiger partial charge in [0, 0.05) is 37.3 Å². The largest absolute Gasteiger partial charge is 0.383 e. The van der Waals surface area contributed by atoms with Crippen LogP contribution in [-0.4, -0.2) is 48.8 Å². The Kier molecular flexibility index (Phi) is 4.35. The van der Waals surface area contributed by atoms with Crippen molar-refractivity contribution in [1.29, 1.82) is 0 Å². The molecule has 0 aromatic heterocycles. The number of piperazine rings is 1. The van der Waals surface area contributed by atoms with Crippen LogP contribution in [0.15, 0.2) is 0 Å². The van der Waals surface area contributed by atoms with E-state index in [1.807, 2.05) is 7.11 Å². The van der Waals surface area contributed by atoms with Gasteiger partial charge in [-0.1, -0.05) is 19.3 Å². The van der Waals surface area contributed by atoms with Crippen LogP contribution in [0.1, 0.15) is 52.9 Å². The van der Waals surface area contributed by atoms with Crippen molar-refractivity contribution < 1.29 is 4.74 Å². The molecule has 106 valence electrons. The van der Waals surface area contributed by atoms with Crippen LogP contribution in [0.5, 0.6) is 0 Å². The Labute approximate surface area is 112 Å². The van der Waals surface area contributed by atoms with Crippen LogP contribution in [0.3, 0.4) is 0 Å². The predicted molar refractivity (Wildman–Crippen MR) is 75.9 cm³/mol. The number of nitrogens with one attached hydrogen (secondary N) is 1. The number of hydrogen-bond donors (Lipinski definition) is 1. The molecule has 1 saturated heterocycles. The number of methoxy groups -OCH3 is 1. The van der Waals surface area contributed by atoms with Gasteiger partial charge in [0.25, 0.3) is 0 Å². The fourth-order valence-electron chi connectivity index (χ4n) is 3.78. The van der Waals surface area contributed by atoms with Crippen LogP contribution in [0.4, 0.5) is 0 Å². The van der Waals surface area contributed by atoms with E-state index in [4.69, 9.17) is 4.74 Å². The average Bonchev–Trinajstić information content (AvgIpc) is 2.34. The molecule has 1 aliphatic heterocycles. The molecule has 1 N–H and O–H groups in total. The summed E-state index contributed by atoms with van der Waals surface area (Å²) in [5.74, 6) is 0. The van der Waals surface area contributed by atoms with Crippen LogP contribution in [-0.2, 0) is 4.74 Å². The van der Waals surface area contributed by atoms with E-state index in [0.29, 0.717) is 11.6 Å². The Morgan fingerprint density at radius 1 is 1.22 bits per heavy atom. The summed E-state index contributed by atoms with van der Waals surface area (Å²) >= 11 is 0. The van der Waals surface area contributed by atoms with E-state index in [1.54, 1.807) is 0 Å². The van der Waals surface area contributed by atoms with Gasteiger partial charge in [0.15, 0.2) is 0 Å². The van der Waals surface area contributed by atoms with Crippen molar-refractivity contribution in [3.63, 3.8) is 0 Å². The topological polar surface area (TPSA) is 24.5 Å². The fourth-order valence-corrected chi connectivity index (χ4v) is 3.78. The molecule has 2 fully saturated rings. The first-order valence-electron chi connectivity index (χ1n) is 7.50. The van der Waals surface area contributed by atoms with Crippen molar-refractivity contribution in [2.24, 2.45) is 0 Å².